The van der Waals surface area contributed by atoms with Gasteiger partial charge < -0.3 is 10.1 Å². The largest absolute Gasteiger partial charge is 0.489 e. The number of benzene rings is 1. The number of ether oxygens (including phenoxy) is 1. The topological polar surface area (TPSA) is 21.3 Å². The van der Waals surface area contributed by atoms with E-state index in [9.17, 15) is 0 Å². The van der Waals surface area contributed by atoms with Crippen LogP contribution >= 0.6 is 0 Å². The Balaban J connectivity index is 1.88. The summed E-state index contributed by atoms with van der Waals surface area (Å²) in [6, 6.07) is 8.16. The molecule has 0 atom stereocenters. The summed E-state index contributed by atoms with van der Waals surface area (Å²) in [4.78, 5) is 0. The maximum Gasteiger partial charge on any atom is 0.119 e. The van der Waals surface area contributed by atoms with Crippen LogP contribution in [0.4, 0.5) is 0 Å². The fraction of sp³-hybridized carbons (Fsp3) is 0.333. The van der Waals surface area contributed by atoms with Crippen LogP contribution in [0.1, 0.15) is 5.56 Å². The van der Waals surface area contributed by atoms with Gasteiger partial charge in [-0.1, -0.05) is 23.8 Å². The number of hydrogen-bond donors (Lipinski definition) is 1. The second-order valence-electron chi connectivity index (χ2n) is 3.60. The summed E-state index contributed by atoms with van der Waals surface area (Å²) in [5.41, 5.74) is 2.60. The summed E-state index contributed by atoms with van der Waals surface area (Å²) in [5, 5.41) is 3.25. The molecule has 1 aliphatic rings. The minimum Gasteiger partial charge on any atom is -0.489 e. The average Bonchev–Trinajstić information content (AvgIpc) is 2.70. The van der Waals surface area contributed by atoms with E-state index < -0.39 is 0 Å². The van der Waals surface area contributed by atoms with Gasteiger partial charge >= 0.3 is 0 Å². The molecule has 0 radical (unpaired) electrons. The molecule has 0 unspecified atom stereocenters. The van der Waals surface area contributed by atoms with Crippen LogP contribution in [-0.2, 0) is 0 Å². The van der Waals surface area contributed by atoms with Crippen LogP contribution in [0.15, 0.2) is 35.9 Å². The molecule has 1 aromatic rings. The fourth-order valence-electron chi connectivity index (χ4n) is 1.44. The van der Waals surface area contributed by atoms with Gasteiger partial charge in [0.2, 0.25) is 0 Å². The van der Waals surface area contributed by atoms with Crippen molar-refractivity contribution in [2.45, 2.75) is 6.92 Å². The Morgan fingerprint density at radius 2 is 2.07 bits per heavy atom. The molecule has 0 amide bonds. The highest BCUT2D eigenvalue weighted by Crippen LogP contribution is 2.12. The van der Waals surface area contributed by atoms with E-state index in [1.54, 1.807) is 0 Å². The van der Waals surface area contributed by atoms with Gasteiger partial charge in [-0.25, -0.2) is 0 Å². The highest BCUT2D eigenvalue weighted by molar-refractivity contribution is 5.27. The molecule has 0 aromatic heterocycles. The lowest BCUT2D eigenvalue weighted by atomic mass is 10.2. The molecule has 0 saturated carbocycles. The summed E-state index contributed by atoms with van der Waals surface area (Å²) in [6.45, 7) is 4.72. The van der Waals surface area contributed by atoms with Crippen molar-refractivity contribution in [3.8, 4) is 5.75 Å². The third kappa shape index (κ3) is 2.36. The predicted molar refractivity (Wildman–Crippen MR) is 57.6 cm³/mol. The van der Waals surface area contributed by atoms with Crippen molar-refractivity contribution in [1.29, 1.82) is 0 Å². The molecule has 1 aliphatic heterocycles. The van der Waals surface area contributed by atoms with Gasteiger partial charge in [0.15, 0.2) is 0 Å². The van der Waals surface area contributed by atoms with Crippen molar-refractivity contribution in [2.75, 3.05) is 19.7 Å². The molecule has 0 fully saturated rings. The molecular weight excluding hydrogens is 174 g/mol. The molecule has 0 aliphatic carbocycles. The maximum atomic E-state index is 5.64. The normalized spacial score (nSPS) is 15.4. The van der Waals surface area contributed by atoms with Crippen molar-refractivity contribution >= 4 is 0 Å². The fourth-order valence-corrected chi connectivity index (χ4v) is 1.44. The Morgan fingerprint density at radius 1 is 1.29 bits per heavy atom. The molecule has 0 spiro atoms. The Kier molecular flexibility index (Phi) is 2.84. The second kappa shape index (κ2) is 4.29. The number of hydrogen-bond acceptors (Lipinski definition) is 2. The van der Waals surface area contributed by atoms with Gasteiger partial charge in [-0.3, -0.25) is 0 Å². The summed E-state index contributed by atoms with van der Waals surface area (Å²) in [6.07, 6.45) is 2.19. The maximum absolute atomic E-state index is 5.64. The molecule has 2 nitrogen and oxygen atoms in total. The van der Waals surface area contributed by atoms with Gasteiger partial charge in [0.25, 0.3) is 0 Å². The lowest BCUT2D eigenvalue weighted by Crippen LogP contribution is -2.11. The molecule has 1 N–H and O–H groups in total. The first-order valence-corrected chi connectivity index (χ1v) is 4.93. The van der Waals surface area contributed by atoms with Crippen molar-refractivity contribution in [2.24, 2.45) is 0 Å². The summed E-state index contributed by atoms with van der Waals surface area (Å²) >= 11 is 0. The Morgan fingerprint density at radius 3 is 2.71 bits per heavy atom. The van der Waals surface area contributed by atoms with E-state index in [-0.39, 0.29) is 0 Å². The van der Waals surface area contributed by atoms with Crippen molar-refractivity contribution in [1.82, 2.24) is 5.32 Å². The van der Waals surface area contributed by atoms with Crippen LogP contribution in [0.2, 0.25) is 0 Å². The average molecular weight is 189 g/mol. The highest BCUT2D eigenvalue weighted by Gasteiger charge is 2.03. The lowest BCUT2D eigenvalue weighted by molar-refractivity contribution is 0.350. The number of rotatable bonds is 3. The number of aryl methyl sites for hydroxylation is 1. The zero-order valence-electron chi connectivity index (χ0n) is 8.42. The first-order chi connectivity index (χ1) is 6.84. The minimum absolute atomic E-state index is 0.704. The van der Waals surface area contributed by atoms with Crippen molar-refractivity contribution in [3.63, 3.8) is 0 Å². The second-order valence-corrected chi connectivity index (χ2v) is 3.60. The zero-order chi connectivity index (χ0) is 9.80. The SMILES string of the molecule is Cc1ccc(OCC2=CCNC2)cc1. The van der Waals surface area contributed by atoms with E-state index in [1.165, 1.54) is 11.1 Å². The van der Waals surface area contributed by atoms with Gasteiger partial charge in [-0.2, -0.15) is 0 Å². The molecule has 1 heterocycles. The zero-order valence-corrected chi connectivity index (χ0v) is 8.42. The van der Waals surface area contributed by atoms with Crippen LogP contribution in [0.25, 0.3) is 0 Å². The monoisotopic (exact) mass is 189 g/mol. The molecule has 1 aromatic carbocycles. The van der Waals surface area contributed by atoms with E-state index in [1.807, 2.05) is 12.1 Å². The van der Waals surface area contributed by atoms with Gasteiger partial charge in [0, 0.05) is 13.1 Å². The van der Waals surface area contributed by atoms with Gasteiger partial charge in [0.05, 0.1) is 0 Å². The van der Waals surface area contributed by atoms with Crippen molar-refractivity contribution < 1.29 is 4.74 Å². The predicted octanol–water partition coefficient (Wildman–Crippen LogP) is 1.90. The molecule has 2 heteroatoms. The van der Waals surface area contributed by atoms with E-state index >= 15 is 0 Å². The summed E-state index contributed by atoms with van der Waals surface area (Å²) in [7, 11) is 0. The third-order valence-corrected chi connectivity index (χ3v) is 2.33. The quantitative estimate of drug-likeness (QED) is 0.733. The first kappa shape index (κ1) is 9.28. The van der Waals surface area contributed by atoms with Crippen LogP contribution in [0, 0.1) is 6.92 Å². The summed E-state index contributed by atoms with van der Waals surface area (Å²) in [5.74, 6) is 0.948. The third-order valence-electron chi connectivity index (χ3n) is 2.33. The minimum atomic E-state index is 0.704. The van der Waals surface area contributed by atoms with Gasteiger partial charge in [0.1, 0.15) is 12.4 Å². The molecular formula is C12H15NO. The Hall–Kier alpha value is -1.28. The molecule has 0 saturated heterocycles. The lowest BCUT2D eigenvalue weighted by Gasteiger charge is -2.06. The van der Waals surface area contributed by atoms with Crippen LogP contribution in [0.3, 0.4) is 0 Å². The number of nitrogens with one attached hydrogen (secondary N) is 1. The van der Waals surface area contributed by atoms with Gasteiger partial charge in [-0.05, 0) is 24.6 Å². The molecule has 2 rings (SSSR count). The van der Waals surface area contributed by atoms with Crippen LogP contribution < -0.4 is 10.1 Å². The van der Waals surface area contributed by atoms with Crippen LogP contribution in [-0.4, -0.2) is 19.7 Å². The van der Waals surface area contributed by atoms with E-state index in [0.717, 1.165) is 18.8 Å². The van der Waals surface area contributed by atoms with E-state index in [4.69, 9.17) is 4.74 Å². The Bertz CT molecular complexity index is 327. The van der Waals surface area contributed by atoms with E-state index in [0.29, 0.717) is 6.61 Å². The Labute approximate surface area is 84.6 Å². The molecule has 14 heavy (non-hydrogen) atoms. The van der Waals surface area contributed by atoms with Gasteiger partial charge in [-0.15, -0.1) is 0 Å². The molecule has 74 valence electrons. The molecule has 0 bridgehead atoms. The van der Waals surface area contributed by atoms with Crippen molar-refractivity contribution in [3.05, 3.63) is 41.5 Å². The standard InChI is InChI=1S/C12H15NO/c1-10-2-4-12(5-3-10)14-9-11-6-7-13-8-11/h2-6,13H,7-9H2,1H3. The smallest absolute Gasteiger partial charge is 0.119 e. The highest BCUT2D eigenvalue weighted by atomic mass is 16.5. The van der Waals surface area contributed by atoms with Crippen LogP contribution in [0.5, 0.6) is 5.75 Å². The van der Waals surface area contributed by atoms with E-state index in [2.05, 4.69) is 30.4 Å². The first-order valence-electron chi connectivity index (χ1n) is 4.93. The summed E-state index contributed by atoms with van der Waals surface area (Å²) < 4.78 is 5.64.